The maximum Gasteiger partial charge on any atom is 0.410 e. The van der Waals surface area contributed by atoms with Crippen LogP contribution >= 0.6 is 0 Å². The largest absolute Gasteiger partial charge is 0.444 e. The number of hydrogen-bond acceptors (Lipinski definition) is 3. The fraction of sp³-hybridized carbons (Fsp3) is 0.467. The molecule has 1 aromatic rings. The lowest BCUT2D eigenvalue weighted by Crippen LogP contribution is -2.45. The van der Waals surface area contributed by atoms with Gasteiger partial charge in [0, 0.05) is 17.7 Å². The predicted octanol–water partition coefficient (Wildman–Crippen LogP) is 3.34. The van der Waals surface area contributed by atoms with Crippen LogP contribution in [0.4, 0.5) is 13.6 Å². The summed E-state index contributed by atoms with van der Waals surface area (Å²) in [6.45, 7) is 4.32. The van der Waals surface area contributed by atoms with Crippen LogP contribution in [0, 0.1) is 0 Å². The summed E-state index contributed by atoms with van der Waals surface area (Å²) in [5, 5.41) is 0. The van der Waals surface area contributed by atoms with Gasteiger partial charge in [0.25, 0.3) is 5.92 Å². The average Bonchev–Trinajstić information content (AvgIpc) is 2.35. The van der Waals surface area contributed by atoms with E-state index in [0.29, 0.717) is 11.8 Å². The molecule has 21 heavy (non-hydrogen) atoms. The van der Waals surface area contributed by atoms with Gasteiger partial charge in [0.05, 0.1) is 6.54 Å². The molecule has 0 radical (unpaired) electrons. The molecule has 1 aliphatic heterocycles. The first-order valence-corrected chi connectivity index (χ1v) is 6.57. The van der Waals surface area contributed by atoms with Crippen LogP contribution in [0.1, 0.15) is 42.3 Å². The van der Waals surface area contributed by atoms with Crippen molar-refractivity contribution in [3.8, 4) is 0 Å². The van der Waals surface area contributed by atoms with E-state index in [2.05, 4.69) is 0 Å². The Morgan fingerprint density at radius 2 is 2.05 bits per heavy atom. The van der Waals surface area contributed by atoms with Crippen molar-refractivity contribution in [1.82, 2.24) is 4.90 Å². The van der Waals surface area contributed by atoms with Crippen molar-refractivity contribution in [1.29, 1.82) is 0 Å². The number of aldehydes is 1. The second-order valence-corrected chi connectivity index (χ2v) is 6.08. The molecule has 0 atom stereocenters. The summed E-state index contributed by atoms with van der Waals surface area (Å²) in [4.78, 5) is 23.6. The van der Waals surface area contributed by atoms with Crippen molar-refractivity contribution in [2.45, 2.75) is 38.8 Å². The summed E-state index contributed by atoms with van der Waals surface area (Å²) in [7, 11) is 0. The minimum absolute atomic E-state index is 0.0406. The van der Waals surface area contributed by atoms with Crippen LogP contribution in [-0.4, -0.2) is 29.4 Å². The van der Waals surface area contributed by atoms with Crippen LogP contribution in [0.3, 0.4) is 0 Å². The standard InChI is InChI=1S/C15H17F2NO3/c1-14(2,3)21-13(20)18-7-11-5-4-10(8-19)6-12(11)15(16,17)9-18/h4-6,8H,7,9H2,1-3H3. The highest BCUT2D eigenvalue weighted by Crippen LogP contribution is 2.37. The minimum Gasteiger partial charge on any atom is -0.444 e. The molecular formula is C15H17F2NO3. The van der Waals surface area contributed by atoms with E-state index in [9.17, 15) is 18.4 Å². The van der Waals surface area contributed by atoms with Gasteiger partial charge in [0.2, 0.25) is 0 Å². The van der Waals surface area contributed by atoms with Crippen LogP contribution in [0.2, 0.25) is 0 Å². The van der Waals surface area contributed by atoms with Gasteiger partial charge in [0.15, 0.2) is 0 Å². The van der Waals surface area contributed by atoms with Crippen molar-refractivity contribution < 1.29 is 23.1 Å². The fourth-order valence-electron chi connectivity index (χ4n) is 2.19. The molecule has 4 nitrogen and oxygen atoms in total. The summed E-state index contributed by atoms with van der Waals surface area (Å²) in [6, 6.07) is 4.08. The van der Waals surface area contributed by atoms with Crippen LogP contribution in [-0.2, 0) is 17.2 Å². The number of hydrogen-bond donors (Lipinski definition) is 0. The quantitative estimate of drug-likeness (QED) is 0.747. The zero-order valence-corrected chi connectivity index (χ0v) is 12.2. The first-order chi connectivity index (χ1) is 9.62. The molecule has 0 saturated carbocycles. The summed E-state index contributed by atoms with van der Waals surface area (Å²) in [6.07, 6.45) is -0.247. The number of fused-ring (bicyclic) bond motifs is 1. The molecular weight excluding hydrogens is 280 g/mol. The third-order valence-electron chi connectivity index (χ3n) is 3.07. The average molecular weight is 297 g/mol. The highest BCUT2D eigenvalue weighted by Gasteiger charge is 2.43. The van der Waals surface area contributed by atoms with E-state index in [1.165, 1.54) is 18.2 Å². The first-order valence-electron chi connectivity index (χ1n) is 6.57. The molecule has 0 fully saturated rings. The number of nitrogens with zero attached hydrogens (tertiary/aromatic N) is 1. The molecule has 0 aliphatic carbocycles. The minimum atomic E-state index is -3.20. The lowest BCUT2D eigenvalue weighted by molar-refractivity contribution is -0.0591. The highest BCUT2D eigenvalue weighted by molar-refractivity contribution is 5.76. The Kier molecular flexibility index (Phi) is 3.74. The molecule has 6 heteroatoms. The topological polar surface area (TPSA) is 46.6 Å². The van der Waals surface area contributed by atoms with Gasteiger partial charge in [-0.3, -0.25) is 9.69 Å². The fourth-order valence-corrected chi connectivity index (χ4v) is 2.19. The van der Waals surface area contributed by atoms with E-state index in [0.717, 1.165) is 4.90 Å². The Morgan fingerprint density at radius 1 is 1.38 bits per heavy atom. The van der Waals surface area contributed by atoms with Gasteiger partial charge < -0.3 is 4.74 Å². The third-order valence-corrected chi connectivity index (χ3v) is 3.07. The highest BCUT2D eigenvalue weighted by atomic mass is 19.3. The van der Waals surface area contributed by atoms with E-state index in [-0.39, 0.29) is 17.7 Å². The lowest BCUT2D eigenvalue weighted by atomic mass is 9.95. The molecule has 114 valence electrons. The van der Waals surface area contributed by atoms with Crippen molar-refractivity contribution in [3.05, 3.63) is 34.9 Å². The summed E-state index contributed by atoms with van der Waals surface area (Å²) >= 11 is 0. The van der Waals surface area contributed by atoms with E-state index in [1.54, 1.807) is 20.8 Å². The molecule has 1 aliphatic rings. The van der Waals surface area contributed by atoms with Crippen molar-refractivity contribution in [2.75, 3.05) is 6.54 Å². The van der Waals surface area contributed by atoms with E-state index < -0.39 is 24.2 Å². The number of benzene rings is 1. The van der Waals surface area contributed by atoms with Crippen LogP contribution in [0.25, 0.3) is 0 Å². The lowest BCUT2D eigenvalue weighted by Gasteiger charge is -2.35. The second kappa shape index (κ2) is 5.09. The number of amides is 1. The Labute approximate surface area is 121 Å². The Balaban J connectivity index is 2.29. The molecule has 0 unspecified atom stereocenters. The molecule has 2 rings (SSSR count). The summed E-state index contributed by atoms with van der Waals surface area (Å²) in [5.41, 5.74) is -0.428. The molecule has 0 bridgehead atoms. The number of halogens is 2. The van der Waals surface area contributed by atoms with Crippen molar-refractivity contribution >= 4 is 12.4 Å². The van der Waals surface area contributed by atoms with Crippen molar-refractivity contribution in [2.24, 2.45) is 0 Å². The first kappa shape index (κ1) is 15.4. The van der Waals surface area contributed by atoms with Gasteiger partial charge in [-0.2, -0.15) is 8.78 Å². The normalized spacial score (nSPS) is 17.1. The molecule has 0 N–H and O–H groups in total. The second-order valence-electron chi connectivity index (χ2n) is 6.08. The van der Waals surface area contributed by atoms with Crippen molar-refractivity contribution in [3.63, 3.8) is 0 Å². The summed E-state index contributed by atoms with van der Waals surface area (Å²) in [5.74, 6) is -3.20. The van der Waals surface area contributed by atoms with Crippen LogP contribution in [0.5, 0.6) is 0 Å². The number of carbonyl (C=O) groups excluding carboxylic acids is 2. The smallest absolute Gasteiger partial charge is 0.410 e. The SMILES string of the molecule is CC(C)(C)OC(=O)N1Cc2ccc(C=O)cc2C(F)(F)C1. The van der Waals surface area contributed by atoms with Gasteiger partial charge >= 0.3 is 6.09 Å². The van der Waals surface area contributed by atoms with Gasteiger partial charge in [0.1, 0.15) is 11.9 Å². The van der Waals surface area contributed by atoms with Crippen LogP contribution < -0.4 is 0 Å². The van der Waals surface area contributed by atoms with E-state index in [4.69, 9.17) is 4.74 Å². The summed E-state index contributed by atoms with van der Waals surface area (Å²) < 4.78 is 33.5. The molecule has 1 amide bonds. The van der Waals surface area contributed by atoms with Crippen LogP contribution in [0.15, 0.2) is 18.2 Å². The van der Waals surface area contributed by atoms with Gasteiger partial charge in [-0.1, -0.05) is 12.1 Å². The molecule has 0 spiro atoms. The molecule has 1 aromatic carbocycles. The Morgan fingerprint density at radius 3 is 2.62 bits per heavy atom. The van der Waals surface area contributed by atoms with Gasteiger partial charge in [-0.25, -0.2) is 4.79 Å². The predicted molar refractivity (Wildman–Crippen MR) is 72.4 cm³/mol. The molecule has 0 aromatic heterocycles. The Hall–Kier alpha value is -1.98. The zero-order valence-electron chi connectivity index (χ0n) is 12.2. The maximum absolute atomic E-state index is 14.2. The maximum atomic E-state index is 14.2. The molecule has 0 saturated heterocycles. The zero-order chi connectivity index (χ0) is 15.8. The number of carbonyl (C=O) groups is 2. The third kappa shape index (κ3) is 3.37. The number of ether oxygens (including phenoxy) is 1. The number of alkyl halides is 2. The van der Waals surface area contributed by atoms with Gasteiger partial charge in [-0.15, -0.1) is 0 Å². The Bertz CT molecular complexity index is 579. The monoisotopic (exact) mass is 297 g/mol. The number of rotatable bonds is 1. The van der Waals surface area contributed by atoms with E-state index >= 15 is 0 Å². The van der Waals surface area contributed by atoms with E-state index in [1.807, 2.05) is 0 Å². The van der Waals surface area contributed by atoms with Gasteiger partial charge in [-0.05, 0) is 32.4 Å². The molecule has 1 heterocycles.